The summed E-state index contributed by atoms with van der Waals surface area (Å²) in [7, 11) is 0. The first kappa shape index (κ1) is 13.3. The summed E-state index contributed by atoms with van der Waals surface area (Å²) >= 11 is 3.57. The molecule has 0 amide bonds. The number of halogens is 1. The maximum atomic E-state index is 6.32. The van der Waals surface area contributed by atoms with Crippen LogP contribution in [0.25, 0.3) is 10.9 Å². The van der Waals surface area contributed by atoms with E-state index in [4.69, 9.17) is 5.73 Å². The van der Waals surface area contributed by atoms with Crippen molar-refractivity contribution in [2.75, 3.05) is 0 Å². The molecule has 3 heteroatoms. The minimum Gasteiger partial charge on any atom is -0.324 e. The van der Waals surface area contributed by atoms with E-state index in [0.717, 1.165) is 27.4 Å². The summed E-state index contributed by atoms with van der Waals surface area (Å²) < 4.78 is 1.07. The molecule has 1 unspecified atom stereocenters. The van der Waals surface area contributed by atoms with Gasteiger partial charge in [0, 0.05) is 22.1 Å². The normalized spacial score (nSPS) is 12.5. The van der Waals surface area contributed by atoms with E-state index in [1.54, 1.807) is 0 Å². The van der Waals surface area contributed by atoms with Gasteiger partial charge in [0.05, 0.1) is 5.52 Å². The highest BCUT2D eigenvalue weighted by Gasteiger charge is 2.11. The van der Waals surface area contributed by atoms with E-state index >= 15 is 0 Å². The van der Waals surface area contributed by atoms with Crippen molar-refractivity contribution in [2.45, 2.75) is 12.5 Å². The number of aromatic nitrogens is 1. The molecule has 0 spiro atoms. The molecule has 0 radical (unpaired) electrons. The van der Waals surface area contributed by atoms with Crippen LogP contribution < -0.4 is 5.73 Å². The predicted octanol–water partition coefficient (Wildman–Crippen LogP) is 4.24. The van der Waals surface area contributed by atoms with E-state index < -0.39 is 0 Å². The molecular formula is C17H15BrN2. The molecule has 0 saturated heterocycles. The first-order chi connectivity index (χ1) is 9.75. The lowest BCUT2D eigenvalue weighted by molar-refractivity contribution is 0.724. The van der Waals surface area contributed by atoms with Crippen LogP contribution in [-0.4, -0.2) is 4.98 Å². The zero-order valence-electron chi connectivity index (χ0n) is 11.0. The van der Waals surface area contributed by atoms with Crippen LogP contribution >= 0.6 is 15.9 Å². The molecule has 0 aliphatic heterocycles. The average molecular weight is 327 g/mol. The zero-order chi connectivity index (χ0) is 13.9. The number of hydrogen-bond donors (Lipinski definition) is 1. The second-order valence-corrected chi connectivity index (χ2v) is 5.68. The Kier molecular flexibility index (Phi) is 3.81. The Hall–Kier alpha value is -1.71. The molecule has 2 nitrogen and oxygen atoms in total. The number of rotatable bonds is 3. The smallest absolute Gasteiger partial charge is 0.0745 e. The van der Waals surface area contributed by atoms with Crippen LogP contribution in [-0.2, 0) is 6.42 Å². The fourth-order valence-corrected chi connectivity index (χ4v) is 2.87. The molecule has 100 valence electrons. The van der Waals surface area contributed by atoms with Gasteiger partial charge in [-0.15, -0.1) is 0 Å². The highest BCUT2D eigenvalue weighted by Crippen LogP contribution is 2.27. The molecule has 2 N–H and O–H groups in total. The van der Waals surface area contributed by atoms with E-state index in [9.17, 15) is 0 Å². The number of fused-ring (bicyclic) bond motifs is 1. The Morgan fingerprint density at radius 2 is 1.80 bits per heavy atom. The Bertz CT molecular complexity index is 725. The summed E-state index contributed by atoms with van der Waals surface area (Å²) in [6.07, 6.45) is 2.61. The third-order valence-electron chi connectivity index (χ3n) is 3.47. The van der Waals surface area contributed by atoms with Crippen molar-refractivity contribution >= 4 is 26.8 Å². The van der Waals surface area contributed by atoms with Crippen molar-refractivity contribution in [3.05, 3.63) is 76.4 Å². The lowest BCUT2D eigenvalue weighted by Gasteiger charge is -2.14. The topological polar surface area (TPSA) is 38.9 Å². The Balaban J connectivity index is 1.97. The van der Waals surface area contributed by atoms with Crippen LogP contribution in [0.5, 0.6) is 0 Å². The van der Waals surface area contributed by atoms with Crippen LogP contribution in [0.2, 0.25) is 0 Å². The van der Waals surface area contributed by atoms with Gasteiger partial charge in [-0.25, -0.2) is 0 Å². The molecule has 0 aliphatic rings. The van der Waals surface area contributed by atoms with E-state index in [1.807, 2.05) is 30.5 Å². The predicted molar refractivity (Wildman–Crippen MR) is 86.5 cm³/mol. The van der Waals surface area contributed by atoms with Gasteiger partial charge < -0.3 is 5.73 Å². The van der Waals surface area contributed by atoms with Crippen molar-refractivity contribution < 1.29 is 0 Å². The summed E-state index contributed by atoms with van der Waals surface area (Å²) in [5.74, 6) is 0. The molecule has 0 bridgehead atoms. The standard InChI is InChI=1S/C17H15BrN2/c18-15-9-8-13(17-14(15)7-4-10-20-17)11-16(19)12-5-2-1-3-6-12/h1-10,16H,11,19H2. The van der Waals surface area contributed by atoms with E-state index in [0.29, 0.717) is 0 Å². The van der Waals surface area contributed by atoms with Crippen LogP contribution in [0, 0.1) is 0 Å². The molecule has 1 aromatic heterocycles. The van der Waals surface area contributed by atoms with Crippen molar-refractivity contribution in [3.8, 4) is 0 Å². The van der Waals surface area contributed by atoms with E-state index in [1.165, 1.54) is 5.56 Å². The van der Waals surface area contributed by atoms with Crippen LogP contribution in [0.4, 0.5) is 0 Å². The number of nitrogens with zero attached hydrogens (tertiary/aromatic N) is 1. The second-order valence-electron chi connectivity index (χ2n) is 4.83. The maximum Gasteiger partial charge on any atom is 0.0745 e. The van der Waals surface area contributed by atoms with Crippen molar-refractivity contribution in [3.63, 3.8) is 0 Å². The van der Waals surface area contributed by atoms with Crippen molar-refractivity contribution in [1.29, 1.82) is 0 Å². The maximum absolute atomic E-state index is 6.32. The summed E-state index contributed by atoms with van der Waals surface area (Å²) in [6, 6.07) is 18.4. The largest absolute Gasteiger partial charge is 0.324 e. The van der Waals surface area contributed by atoms with Gasteiger partial charge in [0.15, 0.2) is 0 Å². The quantitative estimate of drug-likeness (QED) is 0.781. The Morgan fingerprint density at radius 3 is 2.60 bits per heavy atom. The average Bonchev–Trinajstić information content (AvgIpc) is 2.51. The molecule has 3 rings (SSSR count). The van der Waals surface area contributed by atoms with Crippen LogP contribution in [0.15, 0.2) is 65.3 Å². The Morgan fingerprint density at radius 1 is 1.00 bits per heavy atom. The monoisotopic (exact) mass is 326 g/mol. The zero-order valence-corrected chi connectivity index (χ0v) is 12.5. The second kappa shape index (κ2) is 5.73. The molecule has 3 aromatic rings. The first-order valence-electron chi connectivity index (χ1n) is 6.58. The summed E-state index contributed by atoms with van der Waals surface area (Å²) in [5, 5.41) is 1.13. The number of hydrogen-bond acceptors (Lipinski definition) is 2. The van der Waals surface area contributed by atoms with E-state index in [-0.39, 0.29) is 6.04 Å². The third-order valence-corrected chi connectivity index (χ3v) is 4.16. The molecule has 1 atom stereocenters. The fourth-order valence-electron chi connectivity index (χ4n) is 2.42. The third kappa shape index (κ3) is 2.60. The van der Waals surface area contributed by atoms with Crippen LogP contribution in [0.3, 0.4) is 0 Å². The van der Waals surface area contributed by atoms with Gasteiger partial charge in [-0.3, -0.25) is 4.98 Å². The van der Waals surface area contributed by atoms with Gasteiger partial charge in [0.2, 0.25) is 0 Å². The molecule has 0 aliphatic carbocycles. The number of nitrogens with two attached hydrogens (primary N) is 1. The van der Waals surface area contributed by atoms with Gasteiger partial charge in [-0.05, 0) is 29.7 Å². The molecular weight excluding hydrogens is 312 g/mol. The molecule has 20 heavy (non-hydrogen) atoms. The number of benzene rings is 2. The Labute approximate surface area is 126 Å². The van der Waals surface area contributed by atoms with Crippen molar-refractivity contribution in [1.82, 2.24) is 4.98 Å². The van der Waals surface area contributed by atoms with Gasteiger partial charge in [-0.2, -0.15) is 0 Å². The van der Waals surface area contributed by atoms with Gasteiger partial charge >= 0.3 is 0 Å². The number of pyridine rings is 1. The van der Waals surface area contributed by atoms with Gasteiger partial charge in [0.1, 0.15) is 0 Å². The SMILES string of the molecule is NC(Cc1ccc(Br)c2cccnc12)c1ccccc1. The minimum atomic E-state index is -0.0115. The first-order valence-corrected chi connectivity index (χ1v) is 7.37. The molecule has 0 fully saturated rings. The lowest BCUT2D eigenvalue weighted by atomic mass is 9.98. The lowest BCUT2D eigenvalue weighted by Crippen LogP contribution is -2.13. The molecule has 2 aromatic carbocycles. The highest BCUT2D eigenvalue weighted by molar-refractivity contribution is 9.10. The van der Waals surface area contributed by atoms with Gasteiger partial charge in [-0.1, -0.05) is 58.4 Å². The highest BCUT2D eigenvalue weighted by atomic mass is 79.9. The minimum absolute atomic E-state index is 0.0115. The van der Waals surface area contributed by atoms with Crippen LogP contribution in [0.1, 0.15) is 17.2 Å². The molecule has 1 heterocycles. The summed E-state index contributed by atoms with van der Waals surface area (Å²) in [4.78, 5) is 4.50. The molecule has 0 saturated carbocycles. The van der Waals surface area contributed by atoms with Crippen molar-refractivity contribution in [2.24, 2.45) is 5.73 Å². The van der Waals surface area contributed by atoms with E-state index in [2.05, 4.69) is 51.2 Å². The summed E-state index contributed by atoms with van der Waals surface area (Å²) in [5.41, 5.74) is 9.67. The fraction of sp³-hybridized carbons (Fsp3) is 0.118. The summed E-state index contributed by atoms with van der Waals surface area (Å²) in [6.45, 7) is 0. The van der Waals surface area contributed by atoms with Gasteiger partial charge in [0.25, 0.3) is 0 Å².